The van der Waals surface area contributed by atoms with E-state index < -0.39 is 11.3 Å². The molecule has 0 atom stereocenters. The first-order valence-corrected chi connectivity index (χ1v) is 2.90. The van der Waals surface area contributed by atoms with Gasteiger partial charge in [-0.3, -0.25) is 0 Å². The van der Waals surface area contributed by atoms with Crippen molar-refractivity contribution in [2.24, 2.45) is 28.3 Å². The van der Waals surface area contributed by atoms with Gasteiger partial charge in [-0.2, -0.15) is 0 Å². The van der Waals surface area contributed by atoms with Crippen LogP contribution in [0.1, 0.15) is 13.8 Å². The first-order valence-electron chi connectivity index (χ1n) is 2.90. The van der Waals surface area contributed by atoms with Crippen LogP contribution in [0.3, 0.4) is 0 Å². The minimum atomic E-state index is -0.903. The quantitative estimate of drug-likeness (QED) is 0.292. The van der Waals surface area contributed by atoms with E-state index >= 15 is 0 Å². The molecule has 4 heteroatoms. The molecule has 1 aliphatic carbocycles. The Bertz CT molecular complexity index is 107. The van der Waals surface area contributed by atoms with Crippen LogP contribution in [0.25, 0.3) is 0 Å². The van der Waals surface area contributed by atoms with Crippen LogP contribution >= 0.6 is 0 Å². The van der Waals surface area contributed by atoms with Gasteiger partial charge >= 0.3 is 0 Å². The van der Waals surface area contributed by atoms with Gasteiger partial charge in [-0.25, -0.2) is 0 Å². The number of hydrogen-bond donors (Lipinski definition) is 4. The zero-order valence-corrected chi connectivity index (χ0v) is 5.81. The van der Waals surface area contributed by atoms with Crippen LogP contribution in [0.15, 0.2) is 0 Å². The summed E-state index contributed by atoms with van der Waals surface area (Å²) in [5.41, 5.74) is 20.0. The van der Waals surface area contributed by atoms with Crippen molar-refractivity contribution >= 4 is 0 Å². The molecule has 0 amide bonds. The van der Waals surface area contributed by atoms with Crippen molar-refractivity contribution in [2.75, 3.05) is 0 Å². The third-order valence-corrected chi connectivity index (χ3v) is 2.69. The van der Waals surface area contributed by atoms with Crippen LogP contribution in [0.5, 0.6) is 0 Å². The van der Waals surface area contributed by atoms with Crippen LogP contribution < -0.4 is 22.9 Å². The molecule has 8 N–H and O–H groups in total. The van der Waals surface area contributed by atoms with E-state index in [1.54, 1.807) is 0 Å². The van der Waals surface area contributed by atoms with Crippen molar-refractivity contribution in [2.45, 2.75) is 25.2 Å². The largest absolute Gasteiger partial charge is 0.310 e. The van der Waals surface area contributed by atoms with Crippen LogP contribution in [0, 0.1) is 5.41 Å². The summed E-state index contributed by atoms with van der Waals surface area (Å²) in [6.07, 6.45) is 0. The molecule has 0 heterocycles. The summed E-state index contributed by atoms with van der Waals surface area (Å²) in [7, 11) is 0. The molecule has 1 rings (SSSR count). The molecule has 0 aromatic carbocycles. The van der Waals surface area contributed by atoms with E-state index in [0.717, 1.165) is 0 Å². The van der Waals surface area contributed by atoms with E-state index in [1.807, 2.05) is 13.8 Å². The molecule has 0 unspecified atom stereocenters. The molecule has 0 aliphatic heterocycles. The summed E-state index contributed by atoms with van der Waals surface area (Å²) < 4.78 is 0. The number of rotatable bonds is 0. The molecular formula is C5H14N4. The standard InChI is InChI=1S/C5H14N4/c1-3(2)4(6,7)5(3,8)9/h6-9H2,1-2H3. The van der Waals surface area contributed by atoms with E-state index in [1.165, 1.54) is 0 Å². The summed E-state index contributed by atoms with van der Waals surface area (Å²) >= 11 is 0. The molecule has 1 fully saturated rings. The smallest absolute Gasteiger partial charge is 0.105 e. The zero-order chi connectivity index (χ0) is 7.50. The van der Waals surface area contributed by atoms with E-state index in [0.29, 0.717) is 0 Å². The van der Waals surface area contributed by atoms with Crippen LogP contribution in [0.4, 0.5) is 0 Å². The normalized spacial score (nSPS) is 34.0. The summed E-state index contributed by atoms with van der Waals surface area (Å²) in [4.78, 5) is 0. The van der Waals surface area contributed by atoms with Crippen molar-refractivity contribution in [1.82, 2.24) is 0 Å². The van der Waals surface area contributed by atoms with E-state index in [4.69, 9.17) is 22.9 Å². The molecule has 0 saturated heterocycles. The Hall–Kier alpha value is -0.160. The van der Waals surface area contributed by atoms with Gasteiger partial charge in [0.05, 0.1) is 0 Å². The highest BCUT2D eigenvalue weighted by molar-refractivity contribution is 5.31. The first kappa shape index (κ1) is 6.95. The lowest BCUT2D eigenvalue weighted by Crippen LogP contribution is -2.53. The van der Waals surface area contributed by atoms with Gasteiger partial charge in [0.25, 0.3) is 0 Å². The topological polar surface area (TPSA) is 104 Å². The second-order valence-corrected chi connectivity index (χ2v) is 3.36. The van der Waals surface area contributed by atoms with Crippen LogP contribution in [-0.4, -0.2) is 11.3 Å². The molecule has 54 valence electrons. The Balaban J connectivity index is 2.91. The van der Waals surface area contributed by atoms with Crippen molar-refractivity contribution < 1.29 is 0 Å². The van der Waals surface area contributed by atoms with E-state index in [9.17, 15) is 0 Å². The third-order valence-electron chi connectivity index (χ3n) is 2.69. The molecule has 0 aromatic rings. The SMILES string of the molecule is CC1(C)C(N)(N)C1(N)N. The van der Waals surface area contributed by atoms with Gasteiger partial charge in [-0.15, -0.1) is 0 Å². The van der Waals surface area contributed by atoms with Crippen molar-refractivity contribution in [3.63, 3.8) is 0 Å². The molecule has 1 saturated carbocycles. The minimum Gasteiger partial charge on any atom is -0.310 e. The average Bonchev–Trinajstić information content (AvgIpc) is 1.84. The Morgan fingerprint density at radius 1 is 0.778 bits per heavy atom. The minimum absolute atomic E-state index is 0.347. The lowest BCUT2D eigenvalue weighted by atomic mass is 10.1. The second kappa shape index (κ2) is 1.15. The van der Waals surface area contributed by atoms with Crippen molar-refractivity contribution in [3.05, 3.63) is 0 Å². The molecular weight excluding hydrogens is 116 g/mol. The fourth-order valence-electron chi connectivity index (χ4n) is 1.01. The Kier molecular flexibility index (Phi) is 0.890. The molecule has 9 heavy (non-hydrogen) atoms. The maximum absolute atomic E-state index is 5.55. The predicted molar refractivity (Wildman–Crippen MR) is 36.0 cm³/mol. The van der Waals surface area contributed by atoms with Crippen LogP contribution in [-0.2, 0) is 0 Å². The van der Waals surface area contributed by atoms with Crippen molar-refractivity contribution in [1.29, 1.82) is 0 Å². The highest BCUT2D eigenvalue weighted by Crippen LogP contribution is 2.54. The maximum atomic E-state index is 5.55. The highest BCUT2D eigenvalue weighted by Gasteiger charge is 2.76. The Morgan fingerprint density at radius 3 is 0.889 bits per heavy atom. The summed E-state index contributed by atoms with van der Waals surface area (Å²) in [6.45, 7) is 3.71. The third kappa shape index (κ3) is 0.433. The van der Waals surface area contributed by atoms with Gasteiger partial charge in [0.2, 0.25) is 0 Å². The Morgan fingerprint density at radius 2 is 0.889 bits per heavy atom. The maximum Gasteiger partial charge on any atom is 0.105 e. The lowest BCUT2D eigenvalue weighted by molar-refractivity contribution is 0.492. The second-order valence-electron chi connectivity index (χ2n) is 3.36. The number of nitrogens with two attached hydrogens (primary N) is 4. The molecule has 4 nitrogen and oxygen atoms in total. The molecule has 0 bridgehead atoms. The average molecular weight is 130 g/mol. The lowest BCUT2D eigenvalue weighted by Gasteiger charge is -2.05. The predicted octanol–water partition coefficient (Wildman–Crippen LogP) is -1.75. The van der Waals surface area contributed by atoms with E-state index in [-0.39, 0.29) is 5.41 Å². The number of hydrogen-bond acceptors (Lipinski definition) is 4. The monoisotopic (exact) mass is 130 g/mol. The zero-order valence-electron chi connectivity index (χ0n) is 5.81. The molecule has 0 spiro atoms. The van der Waals surface area contributed by atoms with E-state index in [2.05, 4.69) is 0 Å². The van der Waals surface area contributed by atoms with Gasteiger partial charge in [-0.05, 0) is 0 Å². The summed E-state index contributed by atoms with van der Waals surface area (Å²) in [5.74, 6) is 0. The first-order chi connectivity index (χ1) is 3.75. The Labute approximate surface area is 54.6 Å². The summed E-state index contributed by atoms with van der Waals surface area (Å²) in [5, 5.41) is 0. The highest BCUT2D eigenvalue weighted by atomic mass is 15.3. The van der Waals surface area contributed by atoms with Gasteiger partial charge in [-0.1, -0.05) is 13.8 Å². The molecule has 0 radical (unpaired) electrons. The van der Waals surface area contributed by atoms with Crippen molar-refractivity contribution in [3.8, 4) is 0 Å². The summed E-state index contributed by atoms with van der Waals surface area (Å²) in [6, 6.07) is 0. The van der Waals surface area contributed by atoms with Crippen LogP contribution in [0.2, 0.25) is 0 Å². The fourth-order valence-corrected chi connectivity index (χ4v) is 1.01. The molecule has 0 aromatic heterocycles. The van der Waals surface area contributed by atoms with Gasteiger partial charge < -0.3 is 22.9 Å². The van der Waals surface area contributed by atoms with Gasteiger partial charge in [0.1, 0.15) is 11.3 Å². The van der Waals surface area contributed by atoms with Gasteiger partial charge in [0.15, 0.2) is 0 Å². The fraction of sp³-hybridized carbons (Fsp3) is 1.00. The molecule has 1 aliphatic rings. The van der Waals surface area contributed by atoms with Gasteiger partial charge in [0, 0.05) is 5.41 Å².